The van der Waals surface area contributed by atoms with Gasteiger partial charge in [0.15, 0.2) is 0 Å². The van der Waals surface area contributed by atoms with Gasteiger partial charge in [0.2, 0.25) is 0 Å². The van der Waals surface area contributed by atoms with Crippen LogP contribution in [-0.4, -0.2) is 15.7 Å². The molecule has 18 heavy (non-hydrogen) atoms. The van der Waals surface area contributed by atoms with Crippen LogP contribution in [0.15, 0.2) is 15.8 Å². The van der Waals surface area contributed by atoms with Gasteiger partial charge in [-0.05, 0) is 11.8 Å². The Balaban J connectivity index is 2.82. The van der Waals surface area contributed by atoms with E-state index < -0.39 is 0 Å². The van der Waals surface area contributed by atoms with E-state index in [4.69, 9.17) is 0 Å². The van der Waals surface area contributed by atoms with Crippen LogP contribution in [0.4, 0.5) is 0 Å². The van der Waals surface area contributed by atoms with E-state index in [1.807, 2.05) is 0 Å². The highest BCUT2D eigenvalue weighted by Crippen LogP contribution is 2.17. The third kappa shape index (κ3) is 3.32. The molecule has 1 rings (SSSR count). The quantitative estimate of drug-likeness (QED) is 0.836. The molecule has 0 aliphatic heterocycles. The minimum Gasteiger partial charge on any atom is -0.312 e. The van der Waals surface area contributed by atoms with Crippen molar-refractivity contribution in [1.82, 2.24) is 14.5 Å². The summed E-state index contributed by atoms with van der Waals surface area (Å²) in [5.41, 5.74) is 0.315. The normalized spacial score (nSPS) is 11.8. The van der Waals surface area contributed by atoms with Crippen molar-refractivity contribution < 1.29 is 0 Å². The molecule has 1 N–H and O–H groups in total. The lowest BCUT2D eigenvalue weighted by atomic mass is 9.90. The molecule has 102 valence electrons. The van der Waals surface area contributed by atoms with E-state index in [1.54, 1.807) is 13.2 Å². The second kappa shape index (κ2) is 5.52. The Hall–Kier alpha value is -1.36. The molecule has 0 aliphatic carbocycles. The maximum atomic E-state index is 11.9. The lowest BCUT2D eigenvalue weighted by Gasteiger charge is -2.22. The molecule has 0 amide bonds. The molecule has 0 saturated heterocycles. The smallest absolute Gasteiger partial charge is 0.312 e. The van der Waals surface area contributed by atoms with Crippen LogP contribution in [0.1, 0.15) is 32.8 Å². The van der Waals surface area contributed by atoms with Gasteiger partial charge in [0.05, 0.1) is 0 Å². The minimum absolute atomic E-state index is 0.214. The molecular weight excluding hydrogens is 230 g/mol. The Morgan fingerprint density at radius 1 is 1.28 bits per heavy atom. The van der Waals surface area contributed by atoms with Gasteiger partial charge in [0, 0.05) is 38.9 Å². The zero-order valence-electron chi connectivity index (χ0n) is 11.9. The van der Waals surface area contributed by atoms with Gasteiger partial charge in [0.1, 0.15) is 0 Å². The second-order valence-electron chi connectivity index (χ2n) is 5.53. The number of nitrogens with zero attached hydrogens (tertiary/aromatic N) is 2. The molecule has 0 radical (unpaired) electrons. The van der Waals surface area contributed by atoms with E-state index >= 15 is 0 Å². The number of hydrogen-bond donors (Lipinski definition) is 1. The summed E-state index contributed by atoms with van der Waals surface area (Å²) in [6, 6.07) is 0. The topological polar surface area (TPSA) is 56.0 Å². The average Bonchev–Trinajstić information content (AvgIpc) is 2.33. The summed E-state index contributed by atoms with van der Waals surface area (Å²) < 4.78 is 2.57. The van der Waals surface area contributed by atoms with Crippen LogP contribution in [0.25, 0.3) is 0 Å². The summed E-state index contributed by atoms with van der Waals surface area (Å²) in [5.74, 6) is 0. The molecule has 0 aromatic carbocycles. The molecule has 0 bridgehead atoms. The van der Waals surface area contributed by atoms with Gasteiger partial charge >= 0.3 is 5.69 Å². The summed E-state index contributed by atoms with van der Waals surface area (Å²) in [6.45, 7) is 7.84. The fourth-order valence-corrected chi connectivity index (χ4v) is 1.66. The maximum absolute atomic E-state index is 11.9. The van der Waals surface area contributed by atoms with Crippen molar-refractivity contribution in [2.75, 3.05) is 6.54 Å². The van der Waals surface area contributed by atoms with Gasteiger partial charge in [-0.3, -0.25) is 9.36 Å². The van der Waals surface area contributed by atoms with Crippen molar-refractivity contribution in [3.05, 3.63) is 32.6 Å². The average molecular weight is 253 g/mol. The maximum Gasteiger partial charge on any atom is 0.330 e. The highest BCUT2D eigenvalue weighted by atomic mass is 16.2. The Morgan fingerprint density at radius 2 is 1.89 bits per heavy atom. The van der Waals surface area contributed by atoms with Gasteiger partial charge in [-0.25, -0.2) is 4.79 Å². The standard InChI is InChI=1S/C13H23N3O2/c1-6-13(2,3)9-14-7-10-8-15(4)12(18)16(5)11(10)17/h8,14H,6-7,9H2,1-5H3. The van der Waals surface area contributed by atoms with Crippen molar-refractivity contribution in [2.24, 2.45) is 19.5 Å². The summed E-state index contributed by atoms with van der Waals surface area (Å²) in [7, 11) is 3.16. The van der Waals surface area contributed by atoms with E-state index in [2.05, 4.69) is 26.1 Å². The minimum atomic E-state index is -0.294. The number of aryl methyl sites for hydroxylation is 1. The van der Waals surface area contributed by atoms with Gasteiger partial charge in [-0.15, -0.1) is 0 Å². The fourth-order valence-electron chi connectivity index (χ4n) is 1.66. The van der Waals surface area contributed by atoms with Gasteiger partial charge in [-0.1, -0.05) is 20.8 Å². The number of rotatable bonds is 5. The largest absolute Gasteiger partial charge is 0.330 e. The predicted molar refractivity (Wildman–Crippen MR) is 72.7 cm³/mol. The zero-order chi connectivity index (χ0) is 13.9. The van der Waals surface area contributed by atoms with Gasteiger partial charge in [0.25, 0.3) is 5.56 Å². The van der Waals surface area contributed by atoms with Gasteiger partial charge < -0.3 is 9.88 Å². The van der Waals surface area contributed by atoms with Crippen molar-refractivity contribution in [2.45, 2.75) is 33.7 Å². The van der Waals surface area contributed by atoms with Gasteiger partial charge in [-0.2, -0.15) is 0 Å². The highest BCUT2D eigenvalue weighted by molar-refractivity contribution is 5.05. The SMILES string of the molecule is CCC(C)(C)CNCc1cn(C)c(=O)n(C)c1=O. The number of aromatic nitrogens is 2. The number of hydrogen-bond acceptors (Lipinski definition) is 3. The van der Waals surface area contributed by atoms with Crippen molar-refractivity contribution in [3.8, 4) is 0 Å². The molecule has 0 saturated carbocycles. The number of nitrogens with one attached hydrogen (secondary N) is 1. The van der Waals surface area contributed by atoms with Crippen LogP contribution in [0.2, 0.25) is 0 Å². The molecule has 0 fully saturated rings. The Morgan fingerprint density at radius 3 is 2.44 bits per heavy atom. The first-order valence-electron chi connectivity index (χ1n) is 6.25. The summed E-state index contributed by atoms with van der Waals surface area (Å²) in [5, 5.41) is 3.28. The summed E-state index contributed by atoms with van der Waals surface area (Å²) in [4.78, 5) is 23.4. The first-order valence-corrected chi connectivity index (χ1v) is 6.25. The van der Waals surface area contributed by atoms with Crippen molar-refractivity contribution >= 4 is 0 Å². The molecule has 1 aromatic rings. The monoisotopic (exact) mass is 253 g/mol. The van der Waals surface area contributed by atoms with E-state index in [0.717, 1.165) is 17.5 Å². The Labute approximate surface area is 107 Å². The third-order valence-electron chi connectivity index (χ3n) is 3.39. The van der Waals surface area contributed by atoms with Crippen molar-refractivity contribution in [3.63, 3.8) is 0 Å². The van der Waals surface area contributed by atoms with Crippen LogP contribution in [0.5, 0.6) is 0 Å². The second-order valence-corrected chi connectivity index (χ2v) is 5.53. The zero-order valence-corrected chi connectivity index (χ0v) is 11.9. The highest BCUT2D eigenvalue weighted by Gasteiger charge is 2.14. The Kier molecular flexibility index (Phi) is 4.51. The molecule has 5 heteroatoms. The van der Waals surface area contributed by atoms with E-state index in [0.29, 0.717) is 12.1 Å². The molecule has 1 heterocycles. The van der Waals surface area contributed by atoms with E-state index in [9.17, 15) is 9.59 Å². The molecule has 0 aliphatic rings. The predicted octanol–water partition coefficient (Wildman–Crippen LogP) is 0.610. The lowest BCUT2D eigenvalue weighted by molar-refractivity contribution is 0.327. The van der Waals surface area contributed by atoms with Crippen LogP contribution in [0.3, 0.4) is 0 Å². The molecule has 5 nitrogen and oxygen atoms in total. The van der Waals surface area contributed by atoms with Crippen LogP contribution in [-0.2, 0) is 20.6 Å². The summed E-state index contributed by atoms with van der Waals surface area (Å²) >= 11 is 0. The fraction of sp³-hybridized carbons (Fsp3) is 0.692. The van der Waals surface area contributed by atoms with Crippen LogP contribution >= 0.6 is 0 Å². The van der Waals surface area contributed by atoms with E-state index in [-0.39, 0.29) is 16.7 Å². The third-order valence-corrected chi connectivity index (χ3v) is 3.39. The first-order chi connectivity index (χ1) is 8.28. The molecule has 0 atom stereocenters. The molecule has 1 aromatic heterocycles. The Bertz CT molecular complexity index is 526. The van der Waals surface area contributed by atoms with Crippen molar-refractivity contribution in [1.29, 1.82) is 0 Å². The van der Waals surface area contributed by atoms with Crippen LogP contribution < -0.4 is 16.6 Å². The molecule has 0 spiro atoms. The first kappa shape index (κ1) is 14.7. The van der Waals surface area contributed by atoms with E-state index in [1.165, 1.54) is 11.6 Å². The molecular formula is C13H23N3O2. The molecule has 0 unspecified atom stereocenters. The lowest BCUT2D eigenvalue weighted by Crippen LogP contribution is -2.40. The van der Waals surface area contributed by atoms with Crippen LogP contribution in [0, 0.1) is 5.41 Å². The summed E-state index contributed by atoms with van der Waals surface area (Å²) in [6.07, 6.45) is 2.68.